The Morgan fingerprint density at radius 2 is 2.06 bits per heavy atom. The predicted molar refractivity (Wildman–Crippen MR) is 64.1 cm³/mol. The van der Waals surface area contributed by atoms with Gasteiger partial charge in [0.15, 0.2) is 9.84 Å². The molecule has 0 heterocycles. The smallest absolute Gasteiger partial charge is 0.183 e. The van der Waals surface area contributed by atoms with Crippen molar-refractivity contribution < 1.29 is 13.2 Å². The fourth-order valence-corrected chi connectivity index (χ4v) is 2.76. The van der Waals surface area contributed by atoms with E-state index >= 15 is 0 Å². The van der Waals surface area contributed by atoms with E-state index in [9.17, 15) is 8.42 Å². The number of nitrogen functional groups attached to an aromatic ring is 1. The third kappa shape index (κ3) is 2.54. The molecule has 1 aromatic carbocycles. The van der Waals surface area contributed by atoms with Crippen molar-refractivity contribution in [3.05, 3.63) is 23.8 Å². The fourth-order valence-electron chi connectivity index (χ4n) is 1.38. The van der Waals surface area contributed by atoms with Crippen molar-refractivity contribution in [2.75, 3.05) is 19.5 Å². The van der Waals surface area contributed by atoms with Gasteiger partial charge in [0, 0.05) is 12.8 Å². The maximum Gasteiger partial charge on any atom is 0.183 e. The SMILES string of the molecule is COCC(C)S(=O)(=O)c1ccc(N)c(C)c1. The molecule has 1 atom stereocenters. The van der Waals surface area contributed by atoms with Crippen molar-refractivity contribution in [1.82, 2.24) is 0 Å². The van der Waals surface area contributed by atoms with Crippen LogP contribution in [0.4, 0.5) is 5.69 Å². The highest BCUT2D eigenvalue weighted by Crippen LogP contribution is 2.20. The van der Waals surface area contributed by atoms with Gasteiger partial charge in [0.25, 0.3) is 0 Å². The second-order valence-electron chi connectivity index (χ2n) is 3.83. The van der Waals surface area contributed by atoms with E-state index in [2.05, 4.69) is 0 Å². The van der Waals surface area contributed by atoms with Crippen LogP contribution in [-0.4, -0.2) is 27.4 Å². The minimum absolute atomic E-state index is 0.186. The van der Waals surface area contributed by atoms with E-state index in [-0.39, 0.29) is 6.61 Å². The number of ether oxygens (including phenoxy) is 1. The van der Waals surface area contributed by atoms with Gasteiger partial charge in [0.2, 0.25) is 0 Å². The second-order valence-corrected chi connectivity index (χ2v) is 6.20. The first-order chi connectivity index (χ1) is 7.39. The lowest BCUT2D eigenvalue weighted by Crippen LogP contribution is -2.23. The molecule has 90 valence electrons. The van der Waals surface area contributed by atoms with Gasteiger partial charge in [-0.1, -0.05) is 0 Å². The molecule has 0 saturated heterocycles. The van der Waals surface area contributed by atoms with E-state index in [0.717, 1.165) is 5.56 Å². The number of rotatable bonds is 4. The van der Waals surface area contributed by atoms with Gasteiger partial charge in [-0.25, -0.2) is 8.42 Å². The van der Waals surface area contributed by atoms with Crippen molar-refractivity contribution in [2.45, 2.75) is 24.0 Å². The number of aryl methyl sites for hydroxylation is 1. The highest BCUT2D eigenvalue weighted by molar-refractivity contribution is 7.92. The Labute approximate surface area is 96.3 Å². The Balaban J connectivity index is 3.12. The summed E-state index contributed by atoms with van der Waals surface area (Å²) in [7, 11) is -1.83. The molecule has 0 aliphatic heterocycles. The van der Waals surface area contributed by atoms with E-state index in [1.165, 1.54) is 13.2 Å². The highest BCUT2D eigenvalue weighted by Gasteiger charge is 2.23. The van der Waals surface area contributed by atoms with E-state index in [0.29, 0.717) is 10.6 Å². The van der Waals surface area contributed by atoms with Crippen LogP contribution in [0.5, 0.6) is 0 Å². The fraction of sp³-hybridized carbons (Fsp3) is 0.455. The molecule has 0 amide bonds. The van der Waals surface area contributed by atoms with Gasteiger partial charge >= 0.3 is 0 Å². The number of nitrogens with two attached hydrogens (primary N) is 1. The quantitative estimate of drug-likeness (QED) is 0.811. The first-order valence-electron chi connectivity index (χ1n) is 4.98. The molecular weight excluding hydrogens is 226 g/mol. The largest absolute Gasteiger partial charge is 0.399 e. The van der Waals surface area contributed by atoms with Gasteiger partial charge in [-0.2, -0.15) is 0 Å². The lowest BCUT2D eigenvalue weighted by atomic mass is 10.2. The zero-order valence-corrected chi connectivity index (χ0v) is 10.5. The lowest BCUT2D eigenvalue weighted by molar-refractivity contribution is 0.200. The highest BCUT2D eigenvalue weighted by atomic mass is 32.2. The summed E-state index contributed by atoms with van der Waals surface area (Å²) in [6.45, 7) is 3.60. The topological polar surface area (TPSA) is 69.4 Å². The number of methoxy groups -OCH3 is 1. The summed E-state index contributed by atoms with van der Waals surface area (Å²) in [5.74, 6) is 0. The maximum absolute atomic E-state index is 12.1. The minimum Gasteiger partial charge on any atom is -0.399 e. The average molecular weight is 243 g/mol. The van der Waals surface area contributed by atoms with Crippen LogP contribution in [0, 0.1) is 6.92 Å². The molecule has 1 aromatic rings. The maximum atomic E-state index is 12.1. The van der Waals surface area contributed by atoms with Crippen LogP contribution < -0.4 is 5.73 Å². The number of anilines is 1. The van der Waals surface area contributed by atoms with Crippen LogP contribution >= 0.6 is 0 Å². The standard InChI is InChI=1S/C11H17NO3S/c1-8-6-10(4-5-11(8)12)16(13,14)9(2)7-15-3/h4-6,9H,7,12H2,1-3H3. The number of sulfone groups is 1. The van der Waals surface area contributed by atoms with Gasteiger partial charge in [-0.3, -0.25) is 0 Å². The van der Waals surface area contributed by atoms with Crippen LogP contribution in [0.25, 0.3) is 0 Å². The zero-order chi connectivity index (χ0) is 12.3. The molecule has 0 spiro atoms. The molecule has 4 nitrogen and oxygen atoms in total. The van der Waals surface area contributed by atoms with Gasteiger partial charge in [0.05, 0.1) is 16.8 Å². The summed E-state index contributed by atoms with van der Waals surface area (Å²) < 4.78 is 29.0. The molecule has 1 rings (SSSR count). The summed E-state index contributed by atoms with van der Waals surface area (Å²) in [6, 6.07) is 4.74. The van der Waals surface area contributed by atoms with Crippen molar-refractivity contribution in [3.8, 4) is 0 Å². The lowest BCUT2D eigenvalue weighted by Gasteiger charge is -2.12. The Kier molecular flexibility index (Phi) is 3.93. The van der Waals surface area contributed by atoms with Crippen molar-refractivity contribution in [3.63, 3.8) is 0 Å². The summed E-state index contributed by atoms with van der Waals surface area (Å²) in [6.07, 6.45) is 0. The minimum atomic E-state index is -3.32. The molecule has 0 aromatic heterocycles. The van der Waals surface area contributed by atoms with Crippen molar-refractivity contribution in [2.24, 2.45) is 0 Å². The average Bonchev–Trinajstić information content (AvgIpc) is 2.22. The molecule has 5 heteroatoms. The molecular formula is C11H17NO3S. The van der Waals surface area contributed by atoms with Gasteiger partial charge in [0.1, 0.15) is 0 Å². The third-order valence-electron chi connectivity index (χ3n) is 2.50. The summed E-state index contributed by atoms with van der Waals surface area (Å²) in [5.41, 5.74) is 7.01. The summed E-state index contributed by atoms with van der Waals surface area (Å²) in [5, 5.41) is -0.555. The number of hydrogen-bond acceptors (Lipinski definition) is 4. The van der Waals surface area contributed by atoms with Crippen LogP contribution in [0.1, 0.15) is 12.5 Å². The Morgan fingerprint density at radius 3 is 2.56 bits per heavy atom. The molecule has 0 bridgehead atoms. The van der Waals surface area contributed by atoms with Crippen LogP contribution in [0.15, 0.2) is 23.1 Å². The third-order valence-corrected chi connectivity index (χ3v) is 4.61. The zero-order valence-electron chi connectivity index (χ0n) is 9.73. The number of hydrogen-bond donors (Lipinski definition) is 1. The van der Waals surface area contributed by atoms with Crippen LogP contribution in [0.3, 0.4) is 0 Å². The number of benzene rings is 1. The molecule has 16 heavy (non-hydrogen) atoms. The first kappa shape index (κ1) is 13.0. The van der Waals surface area contributed by atoms with Gasteiger partial charge in [-0.05, 0) is 37.6 Å². The van der Waals surface area contributed by atoms with Gasteiger partial charge in [-0.15, -0.1) is 0 Å². The van der Waals surface area contributed by atoms with Crippen LogP contribution in [-0.2, 0) is 14.6 Å². The molecule has 0 radical (unpaired) electrons. The molecule has 0 aliphatic carbocycles. The van der Waals surface area contributed by atoms with E-state index in [1.807, 2.05) is 0 Å². The van der Waals surface area contributed by atoms with E-state index in [1.54, 1.807) is 26.0 Å². The molecule has 2 N–H and O–H groups in total. The predicted octanol–water partition coefficient (Wildman–Crippen LogP) is 1.39. The van der Waals surface area contributed by atoms with Crippen LogP contribution in [0.2, 0.25) is 0 Å². The molecule has 1 unspecified atom stereocenters. The Bertz CT molecular complexity index is 468. The van der Waals surface area contributed by atoms with E-state index in [4.69, 9.17) is 10.5 Å². The molecule has 0 fully saturated rings. The first-order valence-corrected chi connectivity index (χ1v) is 6.53. The van der Waals surface area contributed by atoms with Crippen molar-refractivity contribution >= 4 is 15.5 Å². The Morgan fingerprint density at radius 1 is 1.44 bits per heavy atom. The molecule has 0 saturated carbocycles. The van der Waals surface area contributed by atoms with E-state index < -0.39 is 15.1 Å². The Hall–Kier alpha value is -1.07. The second kappa shape index (κ2) is 4.84. The summed E-state index contributed by atoms with van der Waals surface area (Å²) in [4.78, 5) is 0.295. The van der Waals surface area contributed by atoms with Gasteiger partial charge < -0.3 is 10.5 Å². The summed E-state index contributed by atoms with van der Waals surface area (Å²) >= 11 is 0. The normalized spacial score (nSPS) is 13.7. The molecule has 0 aliphatic rings. The van der Waals surface area contributed by atoms with Crippen molar-refractivity contribution in [1.29, 1.82) is 0 Å². The monoisotopic (exact) mass is 243 g/mol.